The van der Waals surface area contributed by atoms with Gasteiger partial charge in [0.25, 0.3) is 0 Å². The Labute approximate surface area is 93.0 Å². The highest BCUT2D eigenvalue weighted by Gasteiger charge is 2.22. The van der Waals surface area contributed by atoms with E-state index in [0.717, 1.165) is 18.7 Å². The van der Waals surface area contributed by atoms with Crippen LogP contribution >= 0.6 is 15.9 Å². The zero-order chi connectivity index (χ0) is 10.1. The van der Waals surface area contributed by atoms with E-state index in [1.165, 1.54) is 11.1 Å². The van der Waals surface area contributed by atoms with Crippen LogP contribution in [-0.2, 0) is 6.42 Å². The second-order valence-electron chi connectivity index (χ2n) is 3.63. The van der Waals surface area contributed by atoms with Gasteiger partial charge in [-0.1, -0.05) is 22.0 Å². The number of hydrogen-bond acceptors (Lipinski definition) is 2. The van der Waals surface area contributed by atoms with Gasteiger partial charge in [-0.05, 0) is 36.7 Å². The topological polar surface area (TPSA) is 12.5 Å². The van der Waals surface area contributed by atoms with Crippen LogP contribution < -0.4 is 4.74 Å². The molecular formula is C11H14BrNO. The Hall–Kier alpha value is -0.540. The first-order valence-corrected chi connectivity index (χ1v) is 5.65. The first-order chi connectivity index (χ1) is 6.72. The molecule has 1 aliphatic rings. The number of rotatable bonds is 1. The molecule has 3 heteroatoms. The molecule has 1 aliphatic heterocycles. The van der Waals surface area contributed by atoms with Crippen LogP contribution in [0.4, 0.5) is 0 Å². The fourth-order valence-electron chi connectivity index (χ4n) is 1.80. The normalized spacial score (nSPS) is 21.8. The number of nitrogens with zero attached hydrogens (tertiary/aromatic N) is 1. The van der Waals surface area contributed by atoms with E-state index >= 15 is 0 Å². The summed E-state index contributed by atoms with van der Waals surface area (Å²) in [6, 6.07) is 6.31. The maximum atomic E-state index is 5.22. The maximum absolute atomic E-state index is 5.22. The molecule has 1 aromatic carbocycles. The Morgan fingerprint density at radius 3 is 3.00 bits per heavy atom. The van der Waals surface area contributed by atoms with Crippen LogP contribution in [0.1, 0.15) is 16.1 Å². The summed E-state index contributed by atoms with van der Waals surface area (Å²) in [6.07, 6.45) is 1.12. The molecule has 2 nitrogen and oxygen atoms in total. The fourth-order valence-corrected chi connectivity index (χ4v) is 2.43. The van der Waals surface area contributed by atoms with E-state index in [0.29, 0.717) is 4.95 Å². The minimum atomic E-state index is 0.321. The summed E-state index contributed by atoms with van der Waals surface area (Å²) in [4.78, 5) is 2.61. The van der Waals surface area contributed by atoms with Gasteiger partial charge in [-0.3, -0.25) is 4.90 Å². The van der Waals surface area contributed by atoms with Crippen molar-refractivity contribution in [2.75, 3.05) is 20.7 Å². The first-order valence-electron chi connectivity index (χ1n) is 4.73. The summed E-state index contributed by atoms with van der Waals surface area (Å²) in [7, 11) is 3.83. The number of halogens is 1. The molecule has 0 radical (unpaired) electrons. The van der Waals surface area contributed by atoms with Crippen LogP contribution in [0.2, 0.25) is 0 Å². The molecule has 0 aliphatic carbocycles. The van der Waals surface area contributed by atoms with E-state index in [9.17, 15) is 0 Å². The average molecular weight is 256 g/mol. The summed E-state index contributed by atoms with van der Waals surface area (Å²) in [5, 5.41) is 0. The molecular weight excluding hydrogens is 242 g/mol. The molecule has 0 saturated carbocycles. The number of hydrogen-bond donors (Lipinski definition) is 0. The Kier molecular flexibility index (Phi) is 2.79. The van der Waals surface area contributed by atoms with Gasteiger partial charge in [0.05, 0.1) is 12.1 Å². The van der Waals surface area contributed by atoms with Crippen molar-refractivity contribution < 1.29 is 4.74 Å². The molecule has 14 heavy (non-hydrogen) atoms. The van der Waals surface area contributed by atoms with Gasteiger partial charge in [0.1, 0.15) is 5.75 Å². The monoisotopic (exact) mass is 255 g/mol. The molecule has 0 fully saturated rings. The van der Waals surface area contributed by atoms with Gasteiger partial charge in [0, 0.05) is 6.54 Å². The summed E-state index contributed by atoms with van der Waals surface area (Å²) in [5.74, 6) is 0.934. The average Bonchev–Trinajstić information content (AvgIpc) is 2.23. The lowest BCUT2D eigenvalue weighted by atomic mass is 10.00. The molecule has 0 spiro atoms. The first kappa shape index (κ1) is 9.99. The molecule has 0 aromatic heterocycles. The lowest BCUT2D eigenvalue weighted by molar-refractivity contribution is 0.308. The molecule has 0 bridgehead atoms. The minimum Gasteiger partial charge on any atom is -0.497 e. The van der Waals surface area contributed by atoms with Gasteiger partial charge in [-0.25, -0.2) is 0 Å². The third-order valence-corrected chi connectivity index (χ3v) is 3.92. The highest BCUT2D eigenvalue weighted by atomic mass is 79.9. The van der Waals surface area contributed by atoms with Gasteiger partial charge in [-0.2, -0.15) is 0 Å². The number of fused-ring (bicyclic) bond motifs is 1. The van der Waals surface area contributed by atoms with Crippen LogP contribution in [0.25, 0.3) is 0 Å². The summed E-state index contributed by atoms with van der Waals surface area (Å²) >= 11 is 3.69. The third-order valence-electron chi connectivity index (χ3n) is 2.73. The second kappa shape index (κ2) is 3.91. The van der Waals surface area contributed by atoms with Crippen molar-refractivity contribution in [3.8, 4) is 5.75 Å². The Bertz CT molecular complexity index is 340. The lowest BCUT2D eigenvalue weighted by Crippen LogP contribution is -2.28. The van der Waals surface area contributed by atoms with E-state index < -0.39 is 0 Å². The van der Waals surface area contributed by atoms with E-state index in [4.69, 9.17) is 4.74 Å². The SMILES string of the molecule is COc1ccc2c(c1)C(Br)N(C)CC2. The van der Waals surface area contributed by atoms with Gasteiger partial charge in [-0.15, -0.1) is 0 Å². The molecule has 1 heterocycles. The predicted molar refractivity (Wildman–Crippen MR) is 61.0 cm³/mol. The number of ether oxygens (including phenoxy) is 1. The highest BCUT2D eigenvalue weighted by Crippen LogP contribution is 2.35. The number of benzene rings is 1. The molecule has 0 saturated heterocycles. The van der Waals surface area contributed by atoms with Gasteiger partial charge >= 0.3 is 0 Å². The van der Waals surface area contributed by atoms with Crippen molar-refractivity contribution in [3.63, 3.8) is 0 Å². The van der Waals surface area contributed by atoms with Crippen molar-refractivity contribution in [3.05, 3.63) is 29.3 Å². The molecule has 1 aromatic rings. The van der Waals surface area contributed by atoms with Crippen molar-refractivity contribution in [1.82, 2.24) is 4.90 Å². The van der Waals surface area contributed by atoms with Crippen LogP contribution in [-0.4, -0.2) is 25.6 Å². The zero-order valence-corrected chi connectivity index (χ0v) is 10.0. The van der Waals surface area contributed by atoms with Crippen LogP contribution in [0.3, 0.4) is 0 Å². The predicted octanol–water partition coefficient (Wildman–Crippen LogP) is 2.58. The Morgan fingerprint density at radius 2 is 2.29 bits per heavy atom. The van der Waals surface area contributed by atoms with E-state index in [1.54, 1.807) is 7.11 Å². The van der Waals surface area contributed by atoms with Gasteiger partial charge in [0.2, 0.25) is 0 Å². The number of likely N-dealkylation sites (N-methyl/N-ethyl adjacent to an activating group) is 1. The van der Waals surface area contributed by atoms with Crippen LogP contribution in [0.5, 0.6) is 5.75 Å². The molecule has 0 N–H and O–H groups in total. The zero-order valence-electron chi connectivity index (χ0n) is 8.46. The van der Waals surface area contributed by atoms with Crippen molar-refractivity contribution in [2.24, 2.45) is 0 Å². The Balaban J connectivity index is 2.41. The largest absolute Gasteiger partial charge is 0.497 e. The molecule has 2 rings (SSSR count). The summed E-state index contributed by atoms with van der Waals surface area (Å²) < 4.78 is 5.22. The quantitative estimate of drug-likeness (QED) is 0.565. The standard InChI is InChI=1S/C11H14BrNO/c1-13-6-5-8-3-4-9(14-2)7-10(8)11(13)12/h3-4,7,11H,5-6H2,1-2H3. The molecule has 76 valence electrons. The van der Waals surface area contributed by atoms with Crippen LogP contribution in [0.15, 0.2) is 18.2 Å². The molecule has 0 amide bonds. The highest BCUT2D eigenvalue weighted by molar-refractivity contribution is 9.09. The summed E-state index contributed by atoms with van der Waals surface area (Å²) in [6.45, 7) is 1.11. The van der Waals surface area contributed by atoms with Crippen molar-refractivity contribution >= 4 is 15.9 Å². The van der Waals surface area contributed by atoms with E-state index in [1.807, 2.05) is 6.07 Å². The fraction of sp³-hybridized carbons (Fsp3) is 0.455. The second-order valence-corrected chi connectivity index (χ2v) is 4.50. The number of methoxy groups -OCH3 is 1. The van der Waals surface area contributed by atoms with Crippen LogP contribution in [0, 0.1) is 0 Å². The molecule has 1 atom stereocenters. The number of alkyl halides is 1. The Morgan fingerprint density at radius 1 is 1.50 bits per heavy atom. The molecule has 1 unspecified atom stereocenters. The van der Waals surface area contributed by atoms with Gasteiger partial charge in [0.15, 0.2) is 0 Å². The minimum absolute atomic E-state index is 0.321. The van der Waals surface area contributed by atoms with E-state index in [-0.39, 0.29) is 0 Å². The van der Waals surface area contributed by atoms with Gasteiger partial charge < -0.3 is 4.74 Å². The summed E-state index contributed by atoms with van der Waals surface area (Å²) in [5.41, 5.74) is 2.75. The van der Waals surface area contributed by atoms with Crippen molar-refractivity contribution in [1.29, 1.82) is 0 Å². The maximum Gasteiger partial charge on any atom is 0.119 e. The smallest absolute Gasteiger partial charge is 0.119 e. The van der Waals surface area contributed by atoms with E-state index in [2.05, 4.69) is 40.0 Å². The van der Waals surface area contributed by atoms with Crippen molar-refractivity contribution in [2.45, 2.75) is 11.4 Å². The lowest BCUT2D eigenvalue weighted by Gasteiger charge is -2.30. The third kappa shape index (κ3) is 1.66.